The van der Waals surface area contributed by atoms with Crippen LogP contribution in [0.15, 0.2) is 24.4 Å². The maximum absolute atomic E-state index is 6.00. The quantitative estimate of drug-likeness (QED) is 0.682. The van der Waals surface area contributed by atoms with Gasteiger partial charge in [-0.15, -0.1) is 5.10 Å². The van der Waals surface area contributed by atoms with E-state index >= 15 is 0 Å². The van der Waals surface area contributed by atoms with Crippen molar-refractivity contribution in [2.45, 2.75) is 0 Å². The molecule has 0 amide bonds. The van der Waals surface area contributed by atoms with Crippen LogP contribution >= 0.6 is 47.0 Å². The number of hydrogen-bond donors (Lipinski definition) is 1. The molecule has 1 aromatic carbocycles. The smallest absolute Gasteiger partial charge is 0.249 e. The minimum atomic E-state index is 0.140. The first kappa shape index (κ1) is 14.3. The molecule has 8 heteroatoms. The van der Waals surface area contributed by atoms with E-state index in [9.17, 15) is 0 Å². The van der Waals surface area contributed by atoms with Crippen LogP contribution in [0.1, 0.15) is 5.56 Å². The number of ether oxygens (including phenoxy) is 1. The highest BCUT2D eigenvalue weighted by molar-refractivity contribution is 7.80. The van der Waals surface area contributed by atoms with Crippen molar-refractivity contribution in [1.29, 1.82) is 0 Å². The zero-order chi connectivity index (χ0) is 14.0. The summed E-state index contributed by atoms with van der Waals surface area (Å²) in [6.07, 6.45) is 1.46. The highest BCUT2D eigenvalue weighted by Gasteiger charge is 2.13. The average molecular weight is 335 g/mol. The lowest BCUT2D eigenvalue weighted by Crippen LogP contribution is -2.12. The summed E-state index contributed by atoms with van der Waals surface area (Å²) in [5.74, 6) is 0.435. The van der Waals surface area contributed by atoms with Gasteiger partial charge in [0.1, 0.15) is 10.7 Å². The SMILES string of the molecule is NC(=S)c1ccnnc1Oc1cc(Cl)c(Cl)cc1Cl. The van der Waals surface area contributed by atoms with Gasteiger partial charge in [-0.3, -0.25) is 0 Å². The molecule has 0 atom stereocenters. The average Bonchev–Trinajstić information content (AvgIpc) is 2.36. The van der Waals surface area contributed by atoms with Gasteiger partial charge in [0.25, 0.3) is 0 Å². The highest BCUT2D eigenvalue weighted by Crippen LogP contribution is 2.36. The van der Waals surface area contributed by atoms with E-state index in [-0.39, 0.29) is 21.6 Å². The van der Waals surface area contributed by atoms with Crippen molar-refractivity contribution in [3.05, 3.63) is 45.0 Å². The van der Waals surface area contributed by atoms with E-state index in [4.69, 9.17) is 57.5 Å². The van der Waals surface area contributed by atoms with E-state index in [2.05, 4.69) is 10.2 Å². The number of thiocarbonyl (C=S) groups is 1. The van der Waals surface area contributed by atoms with E-state index in [1.54, 1.807) is 6.07 Å². The predicted octanol–water partition coefficient (Wildman–Crippen LogP) is 3.86. The fourth-order valence-electron chi connectivity index (χ4n) is 1.27. The largest absolute Gasteiger partial charge is 0.435 e. The van der Waals surface area contributed by atoms with E-state index in [0.717, 1.165) is 0 Å². The van der Waals surface area contributed by atoms with Gasteiger partial charge in [0.05, 0.1) is 26.8 Å². The number of nitrogens with two attached hydrogens (primary N) is 1. The van der Waals surface area contributed by atoms with Gasteiger partial charge in [0, 0.05) is 6.07 Å². The number of rotatable bonds is 3. The number of halogens is 3. The number of benzene rings is 1. The summed E-state index contributed by atoms with van der Waals surface area (Å²) in [6.45, 7) is 0. The van der Waals surface area contributed by atoms with Crippen LogP contribution in [0, 0.1) is 0 Å². The van der Waals surface area contributed by atoms with Gasteiger partial charge in [-0.2, -0.15) is 5.10 Å². The fraction of sp³-hybridized carbons (Fsp3) is 0. The van der Waals surface area contributed by atoms with Crippen molar-refractivity contribution in [3.63, 3.8) is 0 Å². The van der Waals surface area contributed by atoms with E-state index < -0.39 is 0 Å². The van der Waals surface area contributed by atoms with Gasteiger partial charge in [0.2, 0.25) is 5.88 Å². The molecule has 1 aromatic heterocycles. The van der Waals surface area contributed by atoms with Crippen LogP contribution in [0.3, 0.4) is 0 Å². The zero-order valence-corrected chi connectivity index (χ0v) is 12.3. The summed E-state index contributed by atoms with van der Waals surface area (Å²) in [6, 6.07) is 4.54. The molecule has 0 aliphatic heterocycles. The standard InChI is InChI=1S/C11H6Cl3N3OS/c12-6-3-8(14)9(4-7(6)13)18-11-5(10(15)19)1-2-16-17-11/h1-4H,(H2,15,19). The topological polar surface area (TPSA) is 61.0 Å². The monoisotopic (exact) mass is 333 g/mol. The lowest BCUT2D eigenvalue weighted by Gasteiger charge is -2.10. The van der Waals surface area contributed by atoms with Gasteiger partial charge < -0.3 is 10.5 Å². The summed E-state index contributed by atoms with van der Waals surface area (Å²) in [5, 5.41) is 8.44. The lowest BCUT2D eigenvalue weighted by molar-refractivity contribution is 0.454. The maximum Gasteiger partial charge on any atom is 0.249 e. The van der Waals surface area contributed by atoms with Crippen molar-refractivity contribution < 1.29 is 4.74 Å². The summed E-state index contributed by atoms with van der Waals surface area (Å²) in [7, 11) is 0. The van der Waals surface area contributed by atoms with Crippen molar-refractivity contribution in [1.82, 2.24) is 10.2 Å². The Labute approximate surface area is 129 Å². The molecule has 0 saturated heterocycles. The molecule has 0 aliphatic carbocycles. The molecule has 0 aliphatic rings. The minimum Gasteiger partial charge on any atom is -0.435 e. The Morgan fingerprint density at radius 2 is 1.84 bits per heavy atom. The zero-order valence-electron chi connectivity index (χ0n) is 9.23. The molecule has 2 rings (SSSR count). The second-order valence-corrected chi connectivity index (χ2v) is 5.07. The molecular formula is C11H6Cl3N3OS. The van der Waals surface area contributed by atoms with Crippen molar-refractivity contribution in [2.75, 3.05) is 0 Å². The fourth-order valence-corrected chi connectivity index (χ4v) is 2.00. The molecule has 0 unspecified atom stereocenters. The summed E-state index contributed by atoms with van der Waals surface area (Å²) >= 11 is 22.6. The first-order valence-electron chi connectivity index (χ1n) is 4.93. The minimum absolute atomic E-state index is 0.140. The Kier molecular flexibility index (Phi) is 4.42. The second-order valence-electron chi connectivity index (χ2n) is 3.41. The van der Waals surface area contributed by atoms with Gasteiger partial charge in [-0.05, 0) is 12.1 Å². The lowest BCUT2D eigenvalue weighted by atomic mass is 10.3. The Morgan fingerprint density at radius 3 is 2.53 bits per heavy atom. The normalized spacial score (nSPS) is 10.3. The number of aromatic nitrogens is 2. The van der Waals surface area contributed by atoms with Crippen molar-refractivity contribution >= 4 is 52.0 Å². The Morgan fingerprint density at radius 1 is 1.16 bits per heavy atom. The molecule has 2 aromatic rings. The van der Waals surface area contributed by atoms with Crippen LogP contribution < -0.4 is 10.5 Å². The molecule has 0 spiro atoms. The van der Waals surface area contributed by atoms with Crippen LogP contribution in [0.4, 0.5) is 0 Å². The molecule has 19 heavy (non-hydrogen) atoms. The van der Waals surface area contributed by atoms with Crippen LogP contribution in [-0.4, -0.2) is 15.2 Å². The molecule has 98 valence electrons. The van der Waals surface area contributed by atoms with Crippen LogP contribution in [-0.2, 0) is 0 Å². The van der Waals surface area contributed by atoms with Crippen LogP contribution in [0.5, 0.6) is 11.6 Å². The highest BCUT2D eigenvalue weighted by atomic mass is 35.5. The van der Waals surface area contributed by atoms with Crippen molar-refractivity contribution in [3.8, 4) is 11.6 Å². The molecule has 0 saturated carbocycles. The third-order valence-corrected chi connectivity index (χ3v) is 3.37. The third-order valence-electron chi connectivity index (χ3n) is 2.13. The Bertz CT molecular complexity index is 651. The van der Waals surface area contributed by atoms with Crippen LogP contribution in [0.25, 0.3) is 0 Å². The molecule has 0 bridgehead atoms. The van der Waals surface area contributed by atoms with E-state index in [1.165, 1.54) is 18.3 Å². The summed E-state index contributed by atoms with van der Waals surface area (Å²) in [4.78, 5) is 0.140. The van der Waals surface area contributed by atoms with Gasteiger partial charge in [0.15, 0.2) is 0 Å². The molecule has 4 nitrogen and oxygen atoms in total. The van der Waals surface area contributed by atoms with Gasteiger partial charge in [-0.25, -0.2) is 0 Å². The van der Waals surface area contributed by atoms with Gasteiger partial charge >= 0.3 is 0 Å². The molecule has 2 N–H and O–H groups in total. The maximum atomic E-state index is 6.00. The number of hydrogen-bond acceptors (Lipinski definition) is 4. The molecule has 0 fully saturated rings. The summed E-state index contributed by atoms with van der Waals surface area (Å²) in [5.41, 5.74) is 6.01. The first-order chi connectivity index (χ1) is 8.99. The molecule has 1 heterocycles. The first-order valence-corrected chi connectivity index (χ1v) is 6.47. The Hall–Kier alpha value is -1.14. The van der Waals surface area contributed by atoms with Crippen LogP contribution in [0.2, 0.25) is 15.1 Å². The summed E-state index contributed by atoms with van der Waals surface area (Å²) < 4.78 is 5.52. The Balaban J connectivity index is 2.42. The van der Waals surface area contributed by atoms with E-state index in [1.807, 2.05) is 0 Å². The third kappa shape index (κ3) is 3.25. The predicted molar refractivity (Wildman–Crippen MR) is 79.5 cm³/mol. The second kappa shape index (κ2) is 5.88. The van der Waals surface area contributed by atoms with Gasteiger partial charge in [-0.1, -0.05) is 47.0 Å². The molecular weight excluding hydrogens is 329 g/mol. The van der Waals surface area contributed by atoms with Crippen molar-refractivity contribution in [2.24, 2.45) is 5.73 Å². The molecule has 0 radical (unpaired) electrons. The van der Waals surface area contributed by atoms with E-state index in [0.29, 0.717) is 15.6 Å². The number of nitrogens with zero attached hydrogens (tertiary/aromatic N) is 2.